The van der Waals surface area contributed by atoms with Crippen LogP contribution in [0.1, 0.15) is 6.92 Å². The van der Waals surface area contributed by atoms with Gasteiger partial charge in [0.15, 0.2) is 0 Å². The van der Waals surface area contributed by atoms with E-state index in [1.165, 1.54) is 0 Å². The van der Waals surface area contributed by atoms with Gasteiger partial charge in [0.05, 0.1) is 26.2 Å². The number of nitrogens with zero attached hydrogens (tertiary/aromatic N) is 1. The van der Waals surface area contributed by atoms with Crippen LogP contribution in [-0.4, -0.2) is 59.2 Å². The number of rotatable bonds is 9. The number of amides is 1. The minimum atomic E-state index is -1.20. The standard InChI is InChI=1S/C14H18N2O6/c1-2-22-11-5-3-10(4-6-11)15-12(17)7-16(8-13(18)19)9-14(20)21/h3-6H,2,7-9H2,1H3,(H,15,17)(H,18,19)(H,20,21). The Kier molecular flexibility index (Phi) is 6.84. The second kappa shape index (κ2) is 8.63. The topological polar surface area (TPSA) is 116 Å². The van der Waals surface area contributed by atoms with Crippen LogP contribution in [0.2, 0.25) is 0 Å². The van der Waals surface area contributed by atoms with Crippen molar-refractivity contribution in [1.29, 1.82) is 0 Å². The summed E-state index contributed by atoms with van der Waals surface area (Å²) in [7, 11) is 0. The zero-order chi connectivity index (χ0) is 16.5. The maximum atomic E-state index is 11.8. The Balaban J connectivity index is 2.58. The number of hydrogen-bond donors (Lipinski definition) is 3. The van der Waals surface area contributed by atoms with Crippen LogP contribution in [0, 0.1) is 0 Å². The number of ether oxygens (including phenoxy) is 1. The number of nitrogens with one attached hydrogen (secondary N) is 1. The van der Waals surface area contributed by atoms with Crippen molar-refractivity contribution < 1.29 is 29.3 Å². The fourth-order valence-corrected chi connectivity index (χ4v) is 1.76. The highest BCUT2D eigenvalue weighted by molar-refractivity contribution is 5.92. The molecule has 8 nitrogen and oxygen atoms in total. The van der Waals surface area contributed by atoms with E-state index in [0.29, 0.717) is 18.0 Å². The van der Waals surface area contributed by atoms with Gasteiger partial charge in [-0.05, 0) is 31.2 Å². The minimum Gasteiger partial charge on any atom is -0.494 e. The third-order valence-corrected chi connectivity index (χ3v) is 2.53. The molecule has 0 aliphatic heterocycles. The van der Waals surface area contributed by atoms with Gasteiger partial charge in [0, 0.05) is 5.69 Å². The third kappa shape index (κ3) is 6.71. The van der Waals surface area contributed by atoms with Crippen molar-refractivity contribution in [3.8, 4) is 5.75 Å². The number of benzene rings is 1. The van der Waals surface area contributed by atoms with Gasteiger partial charge in [0.25, 0.3) is 0 Å². The molecule has 1 amide bonds. The number of anilines is 1. The van der Waals surface area contributed by atoms with Crippen LogP contribution >= 0.6 is 0 Å². The predicted molar refractivity (Wildman–Crippen MR) is 78.0 cm³/mol. The molecule has 0 saturated heterocycles. The molecular formula is C14H18N2O6. The number of carbonyl (C=O) groups is 3. The fourth-order valence-electron chi connectivity index (χ4n) is 1.76. The molecule has 0 heterocycles. The molecule has 0 aliphatic carbocycles. The molecule has 0 radical (unpaired) electrons. The lowest BCUT2D eigenvalue weighted by Crippen LogP contribution is -2.40. The van der Waals surface area contributed by atoms with Crippen LogP contribution in [0.4, 0.5) is 5.69 Å². The lowest BCUT2D eigenvalue weighted by Gasteiger charge is -2.17. The van der Waals surface area contributed by atoms with Crippen molar-refractivity contribution in [2.75, 3.05) is 31.6 Å². The summed E-state index contributed by atoms with van der Waals surface area (Å²) in [6, 6.07) is 6.65. The van der Waals surface area contributed by atoms with Crippen molar-refractivity contribution in [2.45, 2.75) is 6.92 Å². The van der Waals surface area contributed by atoms with E-state index in [1.54, 1.807) is 24.3 Å². The van der Waals surface area contributed by atoms with Crippen molar-refractivity contribution in [1.82, 2.24) is 4.90 Å². The van der Waals surface area contributed by atoms with E-state index in [1.807, 2.05) is 6.92 Å². The molecule has 0 saturated carbocycles. The summed E-state index contributed by atoms with van der Waals surface area (Å²) in [5.41, 5.74) is 0.513. The van der Waals surface area contributed by atoms with Gasteiger partial charge in [-0.1, -0.05) is 0 Å². The highest BCUT2D eigenvalue weighted by atomic mass is 16.5. The molecular weight excluding hydrogens is 292 g/mol. The summed E-state index contributed by atoms with van der Waals surface area (Å²) >= 11 is 0. The van der Waals surface area contributed by atoms with Crippen molar-refractivity contribution >= 4 is 23.5 Å². The molecule has 1 rings (SSSR count). The summed E-state index contributed by atoms with van der Waals surface area (Å²) in [6.07, 6.45) is 0. The number of carboxylic acids is 2. The minimum absolute atomic E-state index is 0.328. The Morgan fingerprint density at radius 3 is 2.05 bits per heavy atom. The second-order valence-electron chi connectivity index (χ2n) is 4.44. The van der Waals surface area contributed by atoms with Crippen LogP contribution in [0.3, 0.4) is 0 Å². The first-order valence-electron chi connectivity index (χ1n) is 6.59. The number of carbonyl (C=O) groups excluding carboxylic acids is 1. The predicted octanol–water partition coefficient (Wildman–Crippen LogP) is 0.495. The summed E-state index contributed by atoms with van der Waals surface area (Å²) in [4.78, 5) is 34.1. The normalized spacial score (nSPS) is 10.3. The Labute approximate surface area is 127 Å². The first-order valence-corrected chi connectivity index (χ1v) is 6.59. The van der Waals surface area contributed by atoms with Gasteiger partial charge in [-0.2, -0.15) is 0 Å². The van der Waals surface area contributed by atoms with E-state index in [9.17, 15) is 14.4 Å². The summed E-state index contributed by atoms with van der Waals surface area (Å²) in [5.74, 6) is -2.23. The first kappa shape index (κ1) is 17.4. The maximum absolute atomic E-state index is 11.8. The third-order valence-electron chi connectivity index (χ3n) is 2.53. The molecule has 0 fully saturated rings. The molecule has 22 heavy (non-hydrogen) atoms. The van der Waals surface area contributed by atoms with E-state index >= 15 is 0 Å². The fraction of sp³-hybridized carbons (Fsp3) is 0.357. The van der Waals surface area contributed by atoms with E-state index in [4.69, 9.17) is 14.9 Å². The van der Waals surface area contributed by atoms with Crippen LogP contribution in [0.5, 0.6) is 5.75 Å². The van der Waals surface area contributed by atoms with Gasteiger partial charge >= 0.3 is 11.9 Å². The van der Waals surface area contributed by atoms with Crippen LogP contribution in [-0.2, 0) is 14.4 Å². The molecule has 120 valence electrons. The van der Waals surface area contributed by atoms with Crippen LogP contribution in [0.25, 0.3) is 0 Å². The smallest absolute Gasteiger partial charge is 0.317 e. The first-order chi connectivity index (χ1) is 10.4. The van der Waals surface area contributed by atoms with E-state index < -0.39 is 30.9 Å². The summed E-state index contributed by atoms with van der Waals surface area (Å²) in [6.45, 7) is 1.01. The molecule has 1 aromatic carbocycles. The zero-order valence-electron chi connectivity index (χ0n) is 12.1. The van der Waals surface area contributed by atoms with E-state index in [0.717, 1.165) is 4.90 Å². The average Bonchev–Trinajstić information content (AvgIpc) is 2.39. The maximum Gasteiger partial charge on any atom is 0.317 e. The largest absolute Gasteiger partial charge is 0.494 e. The lowest BCUT2D eigenvalue weighted by molar-refractivity contribution is -0.142. The zero-order valence-corrected chi connectivity index (χ0v) is 12.1. The van der Waals surface area contributed by atoms with Crippen molar-refractivity contribution in [2.24, 2.45) is 0 Å². The van der Waals surface area contributed by atoms with Gasteiger partial charge in [-0.25, -0.2) is 0 Å². The SMILES string of the molecule is CCOc1ccc(NC(=O)CN(CC(=O)O)CC(=O)O)cc1. The molecule has 0 aromatic heterocycles. The van der Waals surface area contributed by atoms with Crippen LogP contribution in [0.15, 0.2) is 24.3 Å². The van der Waals surface area contributed by atoms with Crippen molar-refractivity contribution in [3.63, 3.8) is 0 Å². The highest BCUT2D eigenvalue weighted by Gasteiger charge is 2.17. The molecule has 0 bridgehead atoms. The molecule has 8 heteroatoms. The Morgan fingerprint density at radius 1 is 1.05 bits per heavy atom. The summed E-state index contributed by atoms with van der Waals surface area (Å²) < 4.78 is 5.27. The molecule has 3 N–H and O–H groups in total. The monoisotopic (exact) mass is 310 g/mol. The van der Waals surface area contributed by atoms with E-state index in [-0.39, 0.29) is 6.54 Å². The number of aliphatic carboxylic acids is 2. The lowest BCUT2D eigenvalue weighted by atomic mass is 10.3. The average molecular weight is 310 g/mol. The quantitative estimate of drug-likeness (QED) is 0.608. The van der Waals surface area contributed by atoms with Gasteiger partial charge < -0.3 is 20.3 Å². The second-order valence-corrected chi connectivity index (χ2v) is 4.44. The van der Waals surface area contributed by atoms with Gasteiger partial charge in [-0.15, -0.1) is 0 Å². The number of hydrogen-bond acceptors (Lipinski definition) is 5. The number of carboxylic acid groups (broad SMARTS) is 2. The molecule has 0 spiro atoms. The molecule has 1 aromatic rings. The van der Waals surface area contributed by atoms with Gasteiger partial charge in [0.1, 0.15) is 5.75 Å². The molecule has 0 atom stereocenters. The summed E-state index contributed by atoms with van der Waals surface area (Å²) in [5, 5.41) is 20.0. The Bertz CT molecular complexity index is 513. The van der Waals surface area contributed by atoms with Gasteiger partial charge in [-0.3, -0.25) is 19.3 Å². The Morgan fingerprint density at radius 2 is 1.59 bits per heavy atom. The van der Waals surface area contributed by atoms with Gasteiger partial charge in [0.2, 0.25) is 5.91 Å². The highest BCUT2D eigenvalue weighted by Crippen LogP contribution is 2.15. The Hall–Kier alpha value is -2.61. The van der Waals surface area contributed by atoms with Crippen molar-refractivity contribution in [3.05, 3.63) is 24.3 Å². The molecule has 0 unspecified atom stereocenters. The molecule has 0 aliphatic rings. The van der Waals surface area contributed by atoms with E-state index in [2.05, 4.69) is 5.32 Å². The van der Waals surface area contributed by atoms with Crippen LogP contribution < -0.4 is 10.1 Å².